The van der Waals surface area contributed by atoms with E-state index in [2.05, 4.69) is 15.5 Å². The average Bonchev–Trinajstić information content (AvgIpc) is 2.70. The first-order valence-electron chi connectivity index (χ1n) is 3.74. The summed E-state index contributed by atoms with van der Waals surface area (Å²) in [6, 6.07) is 6.91. The summed E-state index contributed by atoms with van der Waals surface area (Å²) in [6.07, 6.45) is 1.44. The predicted octanol–water partition coefficient (Wildman–Crippen LogP) is 1.19. The van der Waals surface area contributed by atoms with E-state index in [-0.39, 0.29) is 0 Å². The van der Waals surface area contributed by atoms with Gasteiger partial charge in [0.25, 0.3) is 0 Å². The molecule has 0 aliphatic rings. The van der Waals surface area contributed by atoms with Gasteiger partial charge in [0.05, 0.1) is 22.3 Å². The SMILES string of the molecule is N#Cc1ccc(-n2cnnn2)c(Cl)c1. The van der Waals surface area contributed by atoms with Gasteiger partial charge in [0.15, 0.2) is 0 Å². The summed E-state index contributed by atoms with van der Waals surface area (Å²) in [5.74, 6) is 0. The lowest BCUT2D eigenvalue weighted by molar-refractivity contribution is 0.789. The van der Waals surface area contributed by atoms with Crippen molar-refractivity contribution in [2.24, 2.45) is 0 Å². The Kier molecular flexibility index (Phi) is 2.13. The molecule has 1 heterocycles. The third-order valence-corrected chi connectivity index (χ3v) is 1.98. The number of rotatable bonds is 1. The van der Waals surface area contributed by atoms with E-state index in [9.17, 15) is 0 Å². The van der Waals surface area contributed by atoms with E-state index >= 15 is 0 Å². The van der Waals surface area contributed by atoms with E-state index in [1.807, 2.05) is 6.07 Å². The minimum absolute atomic E-state index is 0.441. The topological polar surface area (TPSA) is 67.4 Å². The Morgan fingerprint density at radius 1 is 1.43 bits per heavy atom. The van der Waals surface area contributed by atoms with Crippen LogP contribution in [0.3, 0.4) is 0 Å². The Morgan fingerprint density at radius 2 is 2.29 bits per heavy atom. The molecule has 1 aromatic heterocycles. The number of hydrogen-bond acceptors (Lipinski definition) is 4. The monoisotopic (exact) mass is 205 g/mol. The van der Waals surface area contributed by atoms with Gasteiger partial charge in [-0.15, -0.1) is 5.10 Å². The first kappa shape index (κ1) is 8.66. The maximum Gasteiger partial charge on any atom is 0.143 e. The highest BCUT2D eigenvalue weighted by Gasteiger charge is 2.04. The van der Waals surface area contributed by atoms with Crippen molar-refractivity contribution < 1.29 is 0 Å². The molecule has 0 aliphatic heterocycles. The number of nitrogens with zero attached hydrogens (tertiary/aromatic N) is 5. The van der Waals surface area contributed by atoms with Crippen molar-refractivity contribution in [2.75, 3.05) is 0 Å². The van der Waals surface area contributed by atoms with Crippen molar-refractivity contribution >= 4 is 11.6 Å². The molecule has 0 N–H and O–H groups in total. The molecule has 0 saturated carbocycles. The van der Waals surface area contributed by atoms with Gasteiger partial charge in [-0.2, -0.15) is 9.94 Å². The number of benzene rings is 1. The van der Waals surface area contributed by atoms with E-state index in [0.29, 0.717) is 16.3 Å². The van der Waals surface area contributed by atoms with Crippen LogP contribution in [-0.2, 0) is 0 Å². The van der Waals surface area contributed by atoms with Crippen LogP contribution >= 0.6 is 11.6 Å². The zero-order valence-corrected chi connectivity index (χ0v) is 7.68. The Morgan fingerprint density at radius 3 is 2.86 bits per heavy atom. The average molecular weight is 206 g/mol. The van der Waals surface area contributed by atoms with Crippen molar-refractivity contribution in [3.63, 3.8) is 0 Å². The van der Waals surface area contributed by atoms with Crippen LogP contribution in [0.15, 0.2) is 24.5 Å². The Balaban J connectivity index is 2.52. The van der Waals surface area contributed by atoms with Gasteiger partial charge in [0.1, 0.15) is 6.33 Å². The highest BCUT2D eigenvalue weighted by molar-refractivity contribution is 6.32. The molecule has 5 nitrogen and oxygen atoms in total. The van der Waals surface area contributed by atoms with Crippen LogP contribution in [0, 0.1) is 11.3 Å². The highest BCUT2D eigenvalue weighted by Crippen LogP contribution is 2.20. The van der Waals surface area contributed by atoms with E-state index in [0.717, 1.165) is 0 Å². The Hall–Kier alpha value is -1.93. The van der Waals surface area contributed by atoms with Crippen LogP contribution < -0.4 is 0 Å². The zero-order valence-electron chi connectivity index (χ0n) is 6.92. The first-order valence-corrected chi connectivity index (χ1v) is 4.12. The molecule has 14 heavy (non-hydrogen) atoms. The van der Waals surface area contributed by atoms with Crippen molar-refractivity contribution in [3.8, 4) is 11.8 Å². The molecule has 2 rings (SSSR count). The Bertz CT molecular complexity index is 485. The van der Waals surface area contributed by atoms with Crippen LogP contribution in [0.1, 0.15) is 5.56 Å². The highest BCUT2D eigenvalue weighted by atomic mass is 35.5. The number of tetrazole rings is 1. The molecule has 1 aromatic carbocycles. The van der Waals surface area contributed by atoms with E-state index in [1.54, 1.807) is 18.2 Å². The van der Waals surface area contributed by atoms with Gasteiger partial charge in [-0.05, 0) is 28.6 Å². The van der Waals surface area contributed by atoms with E-state index < -0.39 is 0 Å². The standard InChI is InChI=1S/C8H4ClN5/c9-7-3-6(4-10)1-2-8(7)14-5-11-12-13-14/h1-3,5H. The number of aromatic nitrogens is 4. The van der Waals surface area contributed by atoms with Crippen LogP contribution in [0.25, 0.3) is 5.69 Å². The molecule has 0 radical (unpaired) electrons. The molecule has 0 spiro atoms. The van der Waals surface area contributed by atoms with Crippen LogP contribution in [0.5, 0.6) is 0 Å². The quantitative estimate of drug-likeness (QED) is 0.701. The summed E-state index contributed by atoms with van der Waals surface area (Å²) < 4.78 is 1.43. The summed E-state index contributed by atoms with van der Waals surface area (Å²) in [6.45, 7) is 0. The number of hydrogen-bond donors (Lipinski definition) is 0. The zero-order chi connectivity index (χ0) is 9.97. The number of nitriles is 1. The molecule has 0 fully saturated rings. The van der Waals surface area contributed by atoms with Crippen molar-refractivity contribution in [1.82, 2.24) is 20.2 Å². The van der Waals surface area contributed by atoms with Crippen molar-refractivity contribution in [3.05, 3.63) is 35.1 Å². The van der Waals surface area contributed by atoms with Crippen molar-refractivity contribution in [2.45, 2.75) is 0 Å². The third kappa shape index (κ3) is 1.43. The lowest BCUT2D eigenvalue weighted by Crippen LogP contribution is -1.96. The number of halogens is 1. The fourth-order valence-electron chi connectivity index (χ4n) is 1.03. The normalized spacial score (nSPS) is 9.71. The minimum Gasteiger partial charge on any atom is -0.199 e. The third-order valence-electron chi connectivity index (χ3n) is 1.67. The molecule has 6 heteroatoms. The van der Waals surface area contributed by atoms with E-state index in [1.165, 1.54) is 11.0 Å². The minimum atomic E-state index is 0.441. The lowest BCUT2D eigenvalue weighted by atomic mass is 10.2. The van der Waals surface area contributed by atoms with Gasteiger partial charge in [0, 0.05) is 0 Å². The molecule has 2 aromatic rings. The second kappa shape index (κ2) is 3.44. The van der Waals surface area contributed by atoms with Crippen molar-refractivity contribution in [1.29, 1.82) is 5.26 Å². The maximum absolute atomic E-state index is 8.63. The van der Waals surface area contributed by atoms with Gasteiger partial charge in [-0.3, -0.25) is 0 Å². The molecule has 0 aliphatic carbocycles. The lowest BCUT2D eigenvalue weighted by Gasteiger charge is -2.01. The maximum atomic E-state index is 8.63. The summed E-state index contributed by atoms with van der Waals surface area (Å²) in [5.41, 5.74) is 1.16. The molecular weight excluding hydrogens is 202 g/mol. The van der Waals surface area contributed by atoms with Crippen LogP contribution in [0.2, 0.25) is 5.02 Å². The fourth-order valence-corrected chi connectivity index (χ4v) is 1.30. The molecule has 0 saturated heterocycles. The van der Waals surface area contributed by atoms with E-state index in [4.69, 9.17) is 16.9 Å². The smallest absolute Gasteiger partial charge is 0.143 e. The second-order valence-electron chi connectivity index (χ2n) is 2.53. The molecule has 0 unspecified atom stereocenters. The van der Waals surface area contributed by atoms with Crippen LogP contribution in [-0.4, -0.2) is 20.2 Å². The molecule has 0 bridgehead atoms. The van der Waals surface area contributed by atoms with Crippen LogP contribution in [0.4, 0.5) is 0 Å². The fraction of sp³-hybridized carbons (Fsp3) is 0. The summed E-state index contributed by atoms with van der Waals surface area (Å²) in [5, 5.41) is 19.7. The molecule has 0 amide bonds. The molecular formula is C8H4ClN5. The second-order valence-corrected chi connectivity index (χ2v) is 2.94. The predicted molar refractivity (Wildman–Crippen MR) is 48.9 cm³/mol. The molecule has 0 atom stereocenters. The van der Waals surface area contributed by atoms with Gasteiger partial charge in [0.2, 0.25) is 0 Å². The largest absolute Gasteiger partial charge is 0.199 e. The summed E-state index contributed by atoms with van der Waals surface area (Å²) in [4.78, 5) is 0. The Labute approximate surface area is 84.5 Å². The van der Waals surface area contributed by atoms with Gasteiger partial charge in [-0.1, -0.05) is 11.6 Å². The summed E-state index contributed by atoms with van der Waals surface area (Å²) in [7, 11) is 0. The summed E-state index contributed by atoms with van der Waals surface area (Å²) >= 11 is 5.93. The first-order chi connectivity index (χ1) is 6.81. The van der Waals surface area contributed by atoms with Gasteiger partial charge < -0.3 is 0 Å². The van der Waals surface area contributed by atoms with Gasteiger partial charge >= 0.3 is 0 Å². The van der Waals surface area contributed by atoms with Gasteiger partial charge in [-0.25, -0.2) is 0 Å². The molecule has 68 valence electrons.